The topological polar surface area (TPSA) is 33.1 Å². The molecule has 17 heavy (non-hydrogen) atoms. The van der Waals surface area contributed by atoms with Gasteiger partial charge in [-0.25, -0.2) is 4.98 Å². The fourth-order valence-corrected chi connectivity index (χ4v) is 3.21. The Balaban J connectivity index is 3.23. The summed E-state index contributed by atoms with van der Waals surface area (Å²) in [6.07, 6.45) is 0.990. The van der Waals surface area contributed by atoms with E-state index in [2.05, 4.69) is 34.6 Å². The first-order valence-corrected chi connectivity index (χ1v) is 7.06. The predicted octanol–water partition coefficient (Wildman–Crippen LogP) is 3.87. The van der Waals surface area contributed by atoms with E-state index in [0.29, 0.717) is 5.92 Å². The van der Waals surface area contributed by atoms with Crippen LogP contribution < -0.4 is 0 Å². The minimum atomic E-state index is -0.796. The molecule has 1 rings (SSSR count). The summed E-state index contributed by atoms with van der Waals surface area (Å²) in [6.45, 7) is 14.5. The molecule has 0 bridgehead atoms. The van der Waals surface area contributed by atoms with Gasteiger partial charge in [-0.15, -0.1) is 11.3 Å². The second-order valence-corrected chi connectivity index (χ2v) is 7.78. The molecule has 0 aliphatic rings. The highest BCUT2D eigenvalue weighted by molar-refractivity contribution is 7.11. The van der Waals surface area contributed by atoms with Crippen LogP contribution in [-0.2, 0) is 17.4 Å². The third-order valence-electron chi connectivity index (χ3n) is 2.52. The number of thiazole rings is 1. The normalized spacial score (nSPS) is 13.5. The number of aliphatic hydroxyl groups is 1. The van der Waals surface area contributed by atoms with E-state index in [4.69, 9.17) is 4.98 Å². The van der Waals surface area contributed by atoms with Crippen molar-refractivity contribution in [1.29, 1.82) is 0 Å². The van der Waals surface area contributed by atoms with Gasteiger partial charge in [0.25, 0.3) is 0 Å². The highest BCUT2D eigenvalue weighted by Gasteiger charge is 2.30. The van der Waals surface area contributed by atoms with Gasteiger partial charge in [0, 0.05) is 11.8 Å². The molecule has 1 aromatic heterocycles. The SMILES string of the molecule is CC(C)Cc1nc(C(C)(C)C)c(C(C)(C)O)s1. The van der Waals surface area contributed by atoms with Crippen LogP contribution in [0.25, 0.3) is 0 Å². The lowest BCUT2D eigenvalue weighted by Crippen LogP contribution is -2.22. The van der Waals surface area contributed by atoms with Crippen LogP contribution in [0.4, 0.5) is 0 Å². The van der Waals surface area contributed by atoms with Crippen molar-refractivity contribution in [2.45, 2.75) is 65.9 Å². The molecule has 0 fully saturated rings. The van der Waals surface area contributed by atoms with Crippen LogP contribution in [0.3, 0.4) is 0 Å². The molecule has 98 valence electrons. The average molecular weight is 255 g/mol. The largest absolute Gasteiger partial charge is 0.385 e. The summed E-state index contributed by atoms with van der Waals surface area (Å²) in [5.41, 5.74) is 0.238. The van der Waals surface area contributed by atoms with Gasteiger partial charge in [-0.1, -0.05) is 34.6 Å². The number of hydrogen-bond donors (Lipinski definition) is 1. The van der Waals surface area contributed by atoms with Crippen molar-refractivity contribution in [3.8, 4) is 0 Å². The zero-order valence-electron chi connectivity index (χ0n) is 12.1. The Bertz CT molecular complexity index is 348. The quantitative estimate of drug-likeness (QED) is 0.889. The Hall–Kier alpha value is -0.410. The standard InChI is InChI=1S/C14H25NOS/c1-9(2)8-10-15-11(13(3,4)5)12(17-10)14(6,7)16/h9,16H,8H2,1-7H3. The van der Waals surface area contributed by atoms with Gasteiger partial charge in [0.2, 0.25) is 0 Å². The van der Waals surface area contributed by atoms with Crippen molar-refractivity contribution in [3.63, 3.8) is 0 Å². The maximum Gasteiger partial charge on any atom is 0.0951 e. The van der Waals surface area contributed by atoms with E-state index in [0.717, 1.165) is 22.0 Å². The van der Waals surface area contributed by atoms with Gasteiger partial charge in [-0.3, -0.25) is 0 Å². The molecule has 2 nitrogen and oxygen atoms in total. The lowest BCUT2D eigenvalue weighted by molar-refractivity contribution is 0.0803. The van der Waals surface area contributed by atoms with Crippen molar-refractivity contribution in [2.24, 2.45) is 5.92 Å². The van der Waals surface area contributed by atoms with Crippen LogP contribution in [0.1, 0.15) is 64.0 Å². The fraction of sp³-hybridized carbons (Fsp3) is 0.786. The van der Waals surface area contributed by atoms with Crippen molar-refractivity contribution in [1.82, 2.24) is 4.98 Å². The molecule has 0 saturated carbocycles. The van der Waals surface area contributed by atoms with Crippen LogP contribution >= 0.6 is 11.3 Å². The predicted molar refractivity (Wildman–Crippen MR) is 74.6 cm³/mol. The van der Waals surface area contributed by atoms with E-state index in [1.54, 1.807) is 11.3 Å². The van der Waals surface area contributed by atoms with Crippen molar-refractivity contribution in [3.05, 3.63) is 15.6 Å². The summed E-state index contributed by atoms with van der Waals surface area (Å²) >= 11 is 1.66. The number of nitrogens with zero attached hydrogens (tertiary/aromatic N) is 1. The summed E-state index contributed by atoms with van der Waals surface area (Å²) in [6, 6.07) is 0. The number of rotatable bonds is 3. The minimum Gasteiger partial charge on any atom is -0.385 e. The second kappa shape index (κ2) is 4.69. The highest BCUT2D eigenvalue weighted by Crippen LogP contribution is 2.37. The molecule has 0 saturated heterocycles. The number of hydrogen-bond acceptors (Lipinski definition) is 3. The molecule has 0 amide bonds. The van der Waals surface area contributed by atoms with E-state index < -0.39 is 5.60 Å². The summed E-state index contributed by atoms with van der Waals surface area (Å²) in [7, 11) is 0. The minimum absolute atomic E-state index is 0.0128. The molecule has 0 aromatic carbocycles. The first kappa shape index (κ1) is 14.7. The molecule has 3 heteroatoms. The van der Waals surface area contributed by atoms with Crippen molar-refractivity contribution < 1.29 is 5.11 Å². The van der Waals surface area contributed by atoms with Crippen LogP contribution in [-0.4, -0.2) is 10.1 Å². The average Bonchev–Trinajstić information content (AvgIpc) is 2.44. The van der Waals surface area contributed by atoms with Crippen LogP contribution in [0.15, 0.2) is 0 Å². The van der Waals surface area contributed by atoms with Crippen LogP contribution in [0.2, 0.25) is 0 Å². The first-order chi connectivity index (χ1) is 7.51. The highest BCUT2D eigenvalue weighted by atomic mass is 32.1. The molecule has 0 spiro atoms. The zero-order chi connectivity index (χ0) is 13.4. The van der Waals surface area contributed by atoms with Gasteiger partial charge < -0.3 is 5.11 Å². The van der Waals surface area contributed by atoms with E-state index in [-0.39, 0.29) is 5.41 Å². The molecule has 0 aliphatic heterocycles. The van der Waals surface area contributed by atoms with Gasteiger partial charge in [-0.2, -0.15) is 0 Å². The first-order valence-electron chi connectivity index (χ1n) is 6.25. The van der Waals surface area contributed by atoms with Gasteiger partial charge in [0.15, 0.2) is 0 Å². The van der Waals surface area contributed by atoms with Gasteiger partial charge >= 0.3 is 0 Å². The summed E-state index contributed by atoms with van der Waals surface area (Å²) in [4.78, 5) is 5.76. The Morgan fingerprint density at radius 3 is 2.00 bits per heavy atom. The summed E-state index contributed by atoms with van der Waals surface area (Å²) in [5.74, 6) is 0.601. The monoisotopic (exact) mass is 255 g/mol. The van der Waals surface area contributed by atoms with Gasteiger partial charge in [0.05, 0.1) is 21.2 Å². The molecule has 0 atom stereocenters. The molecule has 1 N–H and O–H groups in total. The molecule has 0 radical (unpaired) electrons. The maximum absolute atomic E-state index is 10.3. The van der Waals surface area contributed by atoms with E-state index in [1.165, 1.54) is 0 Å². The molecular weight excluding hydrogens is 230 g/mol. The lowest BCUT2D eigenvalue weighted by Gasteiger charge is -2.23. The van der Waals surface area contributed by atoms with Gasteiger partial charge in [0.1, 0.15) is 0 Å². The molecular formula is C14H25NOS. The van der Waals surface area contributed by atoms with Crippen LogP contribution in [0, 0.1) is 5.92 Å². The number of aromatic nitrogens is 1. The Morgan fingerprint density at radius 2 is 1.71 bits per heavy atom. The van der Waals surface area contributed by atoms with Crippen LogP contribution in [0.5, 0.6) is 0 Å². The second-order valence-electron chi connectivity index (χ2n) is 6.69. The smallest absolute Gasteiger partial charge is 0.0951 e. The Kier molecular flexibility index (Phi) is 4.04. The van der Waals surface area contributed by atoms with E-state index >= 15 is 0 Å². The molecule has 1 aromatic rings. The maximum atomic E-state index is 10.3. The zero-order valence-corrected chi connectivity index (χ0v) is 12.9. The third-order valence-corrected chi connectivity index (χ3v) is 3.91. The van der Waals surface area contributed by atoms with Crippen molar-refractivity contribution >= 4 is 11.3 Å². The van der Waals surface area contributed by atoms with Crippen molar-refractivity contribution in [2.75, 3.05) is 0 Å². The Labute approximate surface area is 109 Å². The summed E-state index contributed by atoms with van der Waals surface area (Å²) < 4.78 is 0. The van der Waals surface area contributed by atoms with E-state index in [1.807, 2.05) is 13.8 Å². The lowest BCUT2D eigenvalue weighted by atomic mass is 9.88. The molecule has 0 unspecified atom stereocenters. The molecule has 1 heterocycles. The third kappa shape index (κ3) is 3.78. The fourth-order valence-electron chi connectivity index (χ4n) is 1.72. The Morgan fingerprint density at radius 1 is 1.18 bits per heavy atom. The molecule has 0 aliphatic carbocycles. The summed E-state index contributed by atoms with van der Waals surface area (Å²) in [5, 5.41) is 11.4. The van der Waals surface area contributed by atoms with E-state index in [9.17, 15) is 5.11 Å². The van der Waals surface area contributed by atoms with Gasteiger partial charge in [-0.05, 0) is 19.8 Å².